The Morgan fingerprint density at radius 1 is 1.29 bits per heavy atom. The van der Waals surface area contributed by atoms with Crippen molar-refractivity contribution in [2.75, 3.05) is 20.1 Å². The van der Waals surface area contributed by atoms with E-state index in [-0.39, 0.29) is 17.9 Å². The van der Waals surface area contributed by atoms with Crippen LogP contribution in [0.15, 0.2) is 0 Å². The van der Waals surface area contributed by atoms with Gasteiger partial charge in [-0.25, -0.2) is 0 Å². The Morgan fingerprint density at radius 3 is 2.47 bits per heavy atom. The van der Waals surface area contributed by atoms with Crippen molar-refractivity contribution in [2.24, 2.45) is 11.7 Å². The van der Waals surface area contributed by atoms with Gasteiger partial charge >= 0.3 is 0 Å². The summed E-state index contributed by atoms with van der Waals surface area (Å²) < 4.78 is 0. The Bertz CT molecular complexity index is 288. The molecule has 4 heteroatoms. The van der Waals surface area contributed by atoms with E-state index in [0.717, 1.165) is 25.6 Å². The van der Waals surface area contributed by atoms with E-state index >= 15 is 0 Å². The maximum Gasteiger partial charge on any atom is 0.239 e. The molecule has 1 aliphatic carbocycles. The van der Waals surface area contributed by atoms with Crippen LogP contribution in [0.3, 0.4) is 0 Å². The third-order valence-electron chi connectivity index (χ3n) is 4.18. The Morgan fingerprint density at radius 2 is 1.94 bits per heavy atom. The summed E-state index contributed by atoms with van der Waals surface area (Å²) in [6.07, 6.45) is 3.75. The largest absolute Gasteiger partial charge is 0.340 e. The number of nitrogens with two attached hydrogens (primary N) is 1. The molecule has 2 unspecified atom stereocenters. The Balaban J connectivity index is 1.86. The van der Waals surface area contributed by atoms with Crippen molar-refractivity contribution < 1.29 is 4.79 Å². The van der Waals surface area contributed by atoms with Gasteiger partial charge in [-0.15, -0.1) is 0 Å². The Kier molecular flexibility index (Phi) is 3.73. The fourth-order valence-electron chi connectivity index (χ4n) is 2.55. The number of amides is 1. The molecule has 1 saturated carbocycles. The van der Waals surface area contributed by atoms with Crippen LogP contribution in [0.1, 0.15) is 33.1 Å². The van der Waals surface area contributed by atoms with Crippen LogP contribution in [0.25, 0.3) is 0 Å². The van der Waals surface area contributed by atoms with Gasteiger partial charge in [0.2, 0.25) is 5.91 Å². The molecule has 2 fully saturated rings. The molecule has 1 saturated heterocycles. The first-order valence-electron chi connectivity index (χ1n) is 6.77. The van der Waals surface area contributed by atoms with Crippen LogP contribution in [0.2, 0.25) is 0 Å². The van der Waals surface area contributed by atoms with Gasteiger partial charge in [0, 0.05) is 25.2 Å². The minimum absolute atomic E-state index is 0.131. The SMILES string of the molecule is CC(C)C(N)C(=O)N1CCC(N(C)C2CC2)C1. The first-order chi connectivity index (χ1) is 8.00. The highest BCUT2D eigenvalue weighted by Crippen LogP contribution is 2.30. The zero-order valence-electron chi connectivity index (χ0n) is 11.2. The summed E-state index contributed by atoms with van der Waals surface area (Å²) >= 11 is 0. The van der Waals surface area contributed by atoms with E-state index in [9.17, 15) is 4.79 Å². The highest BCUT2D eigenvalue weighted by Gasteiger charge is 2.37. The summed E-state index contributed by atoms with van der Waals surface area (Å²) in [6, 6.07) is 0.986. The molecule has 0 aromatic heterocycles. The van der Waals surface area contributed by atoms with Crippen molar-refractivity contribution in [3.05, 3.63) is 0 Å². The second-order valence-corrected chi connectivity index (χ2v) is 5.89. The monoisotopic (exact) mass is 239 g/mol. The predicted octanol–water partition coefficient (Wildman–Crippen LogP) is 0.665. The van der Waals surface area contributed by atoms with Gasteiger partial charge in [0.05, 0.1) is 6.04 Å². The number of nitrogens with zero attached hydrogens (tertiary/aromatic N) is 2. The quantitative estimate of drug-likeness (QED) is 0.784. The maximum atomic E-state index is 12.1. The molecule has 2 N–H and O–H groups in total. The molecule has 0 radical (unpaired) electrons. The second-order valence-electron chi connectivity index (χ2n) is 5.89. The fraction of sp³-hybridized carbons (Fsp3) is 0.923. The highest BCUT2D eigenvalue weighted by molar-refractivity contribution is 5.82. The van der Waals surface area contributed by atoms with Gasteiger partial charge in [-0.3, -0.25) is 9.69 Å². The van der Waals surface area contributed by atoms with Gasteiger partial charge in [0.15, 0.2) is 0 Å². The van der Waals surface area contributed by atoms with Crippen molar-refractivity contribution in [1.29, 1.82) is 0 Å². The maximum absolute atomic E-state index is 12.1. The average Bonchev–Trinajstić information content (AvgIpc) is 3.03. The van der Waals surface area contributed by atoms with E-state index in [4.69, 9.17) is 5.73 Å². The molecule has 0 aromatic carbocycles. The molecule has 2 atom stereocenters. The molecule has 17 heavy (non-hydrogen) atoms. The van der Waals surface area contributed by atoms with Crippen molar-refractivity contribution in [3.63, 3.8) is 0 Å². The zero-order valence-corrected chi connectivity index (χ0v) is 11.2. The van der Waals surface area contributed by atoms with Crippen LogP contribution in [-0.2, 0) is 4.79 Å². The molecular weight excluding hydrogens is 214 g/mol. The molecule has 0 bridgehead atoms. The normalized spacial score (nSPS) is 26.9. The fourth-order valence-corrected chi connectivity index (χ4v) is 2.55. The third-order valence-corrected chi connectivity index (χ3v) is 4.18. The average molecular weight is 239 g/mol. The number of hydrogen-bond acceptors (Lipinski definition) is 3. The number of carbonyl (C=O) groups is 1. The summed E-state index contributed by atoms with van der Waals surface area (Å²) in [6.45, 7) is 5.76. The van der Waals surface area contributed by atoms with Gasteiger partial charge in [0.25, 0.3) is 0 Å². The lowest BCUT2D eigenvalue weighted by atomic mass is 10.0. The van der Waals surface area contributed by atoms with Crippen molar-refractivity contribution in [1.82, 2.24) is 9.80 Å². The van der Waals surface area contributed by atoms with E-state index in [2.05, 4.69) is 11.9 Å². The predicted molar refractivity (Wildman–Crippen MR) is 68.6 cm³/mol. The van der Waals surface area contributed by atoms with E-state index in [1.54, 1.807) is 0 Å². The van der Waals surface area contributed by atoms with Crippen LogP contribution < -0.4 is 5.73 Å². The third kappa shape index (κ3) is 2.80. The van der Waals surface area contributed by atoms with Crippen LogP contribution in [0, 0.1) is 5.92 Å². The van der Waals surface area contributed by atoms with Crippen LogP contribution in [0.4, 0.5) is 0 Å². The number of likely N-dealkylation sites (N-methyl/N-ethyl adjacent to an activating group) is 1. The minimum Gasteiger partial charge on any atom is -0.340 e. The minimum atomic E-state index is -0.333. The second kappa shape index (κ2) is 4.94. The highest BCUT2D eigenvalue weighted by atomic mass is 16.2. The van der Waals surface area contributed by atoms with E-state index in [0.29, 0.717) is 6.04 Å². The zero-order chi connectivity index (χ0) is 12.6. The summed E-state index contributed by atoms with van der Waals surface area (Å²) in [7, 11) is 2.19. The van der Waals surface area contributed by atoms with Gasteiger partial charge in [-0.1, -0.05) is 13.8 Å². The summed E-state index contributed by atoms with van der Waals surface area (Å²) in [5.41, 5.74) is 5.93. The molecule has 1 amide bonds. The first-order valence-corrected chi connectivity index (χ1v) is 6.77. The standard InChI is InChI=1S/C13H25N3O/c1-9(2)12(14)13(17)16-7-6-11(8-16)15(3)10-4-5-10/h9-12H,4-8,14H2,1-3H3. The van der Waals surface area contributed by atoms with Gasteiger partial charge in [-0.05, 0) is 32.2 Å². The summed E-state index contributed by atoms with van der Waals surface area (Å²) in [5.74, 6) is 0.356. The van der Waals surface area contributed by atoms with Gasteiger partial charge in [-0.2, -0.15) is 0 Å². The van der Waals surface area contributed by atoms with E-state index < -0.39 is 0 Å². The number of rotatable bonds is 4. The molecule has 0 aromatic rings. The van der Waals surface area contributed by atoms with E-state index in [1.807, 2.05) is 18.7 Å². The van der Waals surface area contributed by atoms with Crippen LogP contribution in [-0.4, -0.2) is 54.0 Å². The molecule has 1 heterocycles. The molecule has 1 aliphatic heterocycles. The van der Waals surface area contributed by atoms with Gasteiger partial charge in [0.1, 0.15) is 0 Å². The Hall–Kier alpha value is -0.610. The molecular formula is C13H25N3O. The van der Waals surface area contributed by atoms with E-state index in [1.165, 1.54) is 12.8 Å². The summed E-state index contributed by atoms with van der Waals surface area (Å²) in [5, 5.41) is 0. The number of likely N-dealkylation sites (tertiary alicyclic amines) is 1. The lowest BCUT2D eigenvalue weighted by molar-refractivity contribution is -0.132. The Labute approximate surface area is 104 Å². The molecule has 2 aliphatic rings. The lowest BCUT2D eigenvalue weighted by Crippen LogP contribution is -2.46. The molecule has 2 rings (SSSR count). The molecule has 98 valence electrons. The van der Waals surface area contributed by atoms with Crippen LogP contribution >= 0.6 is 0 Å². The van der Waals surface area contributed by atoms with Gasteiger partial charge < -0.3 is 10.6 Å². The number of hydrogen-bond donors (Lipinski definition) is 1. The van der Waals surface area contributed by atoms with Crippen LogP contribution in [0.5, 0.6) is 0 Å². The number of carbonyl (C=O) groups excluding carboxylic acids is 1. The molecule has 0 spiro atoms. The topological polar surface area (TPSA) is 49.6 Å². The summed E-state index contributed by atoms with van der Waals surface area (Å²) in [4.78, 5) is 16.5. The van der Waals surface area contributed by atoms with Crippen molar-refractivity contribution in [3.8, 4) is 0 Å². The van der Waals surface area contributed by atoms with Crippen molar-refractivity contribution >= 4 is 5.91 Å². The lowest BCUT2D eigenvalue weighted by Gasteiger charge is -2.26. The molecule has 4 nitrogen and oxygen atoms in total. The first kappa shape index (κ1) is 12.8. The van der Waals surface area contributed by atoms with Crippen molar-refractivity contribution in [2.45, 2.75) is 51.2 Å². The smallest absolute Gasteiger partial charge is 0.239 e.